The molecule has 0 bridgehead atoms. The number of rotatable bonds is 5. The second kappa shape index (κ2) is 7.37. The molecule has 1 saturated carbocycles. The number of nitrogens with zero attached hydrogens (tertiary/aromatic N) is 3. The Hall–Kier alpha value is -3.12. The molecule has 1 aromatic heterocycles. The molecule has 3 aromatic rings. The Morgan fingerprint density at radius 3 is 2.69 bits per heavy atom. The zero-order chi connectivity index (χ0) is 19.8. The average Bonchev–Trinajstić information content (AvgIpc) is 3.46. The zero-order valence-corrected chi connectivity index (χ0v) is 16.1. The van der Waals surface area contributed by atoms with Crippen molar-refractivity contribution in [2.45, 2.75) is 44.6 Å². The Balaban J connectivity index is 1.32. The molecule has 1 aliphatic heterocycles. The maximum Gasteiger partial charge on any atom is 0.258 e. The highest BCUT2D eigenvalue weighted by Crippen LogP contribution is 2.34. The summed E-state index contributed by atoms with van der Waals surface area (Å²) in [7, 11) is 0. The van der Waals surface area contributed by atoms with Gasteiger partial charge in [0.1, 0.15) is 11.9 Å². The molecule has 2 aliphatic rings. The first kappa shape index (κ1) is 17.9. The Morgan fingerprint density at radius 1 is 1.10 bits per heavy atom. The van der Waals surface area contributed by atoms with E-state index >= 15 is 0 Å². The van der Waals surface area contributed by atoms with Crippen molar-refractivity contribution in [2.24, 2.45) is 0 Å². The molecule has 1 aliphatic carbocycles. The van der Waals surface area contributed by atoms with E-state index in [1.807, 2.05) is 64.3 Å². The number of amides is 1. The number of aliphatic hydroxyl groups excluding tert-OH is 1. The normalized spacial score (nSPS) is 20.9. The Labute approximate surface area is 169 Å². The first-order chi connectivity index (χ1) is 14.2. The van der Waals surface area contributed by atoms with E-state index in [0.717, 1.165) is 36.1 Å². The third kappa shape index (κ3) is 3.40. The molecule has 0 saturated heterocycles. The van der Waals surface area contributed by atoms with Crippen LogP contribution in [-0.2, 0) is 13.1 Å². The first-order valence-electron chi connectivity index (χ1n) is 10.0. The van der Waals surface area contributed by atoms with Gasteiger partial charge in [0.05, 0.1) is 17.4 Å². The summed E-state index contributed by atoms with van der Waals surface area (Å²) in [4.78, 5) is 14.9. The number of ether oxygens (including phenoxy) is 1. The molecule has 0 unspecified atom stereocenters. The van der Waals surface area contributed by atoms with E-state index in [-0.39, 0.29) is 12.0 Å². The molecule has 0 radical (unpaired) electrons. The van der Waals surface area contributed by atoms with Crippen molar-refractivity contribution in [1.82, 2.24) is 14.7 Å². The first-order valence-corrected chi connectivity index (χ1v) is 10.0. The molecule has 2 heterocycles. The minimum atomic E-state index is -0.452. The van der Waals surface area contributed by atoms with Gasteiger partial charge >= 0.3 is 0 Å². The molecule has 1 amide bonds. The Bertz CT molecular complexity index is 1010. The summed E-state index contributed by atoms with van der Waals surface area (Å²) in [6, 6.07) is 15.7. The standard InChI is InChI=1S/C23H23N3O3/c27-19-5-2-6-20(19)29-21-7-1-4-17-15-25(23(28)22(17)21)14-16-8-10-18(11-9-16)26-13-3-12-24-26/h1,3-4,7-13,19-20,27H,2,5-6,14-15H2/t19-,20-/m0/s1. The Morgan fingerprint density at radius 2 is 1.97 bits per heavy atom. The van der Waals surface area contributed by atoms with Gasteiger partial charge in [-0.25, -0.2) is 4.68 Å². The molecule has 1 fully saturated rings. The van der Waals surface area contributed by atoms with Gasteiger partial charge in [0, 0.05) is 25.5 Å². The molecule has 29 heavy (non-hydrogen) atoms. The Kier molecular flexibility index (Phi) is 4.56. The molecule has 6 heteroatoms. The van der Waals surface area contributed by atoms with Crippen molar-refractivity contribution in [2.75, 3.05) is 0 Å². The van der Waals surface area contributed by atoms with E-state index in [9.17, 15) is 9.90 Å². The number of benzene rings is 2. The van der Waals surface area contributed by atoms with Gasteiger partial charge in [-0.3, -0.25) is 4.79 Å². The van der Waals surface area contributed by atoms with Crippen LogP contribution in [0.3, 0.4) is 0 Å². The lowest BCUT2D eigenvalue weighted by Crippen LogP contribution is -2.27. The minimum Gasteiger partial charge on any atom is -0.487 e. The predicted octanol–water partition coefficient (Wildman–Crippen LogP) is 3.32. The summed E-state index contributed by atoms with van der Waals surface area (Å²) in [5, 5.41) is 14.3. The van der Waals surface area contributed by atoms with Crippen LogP contribution in [0.15, 0.2) is 60.9 Å². The van der Waals surface area contributed by atoms with Crippen LogP contribution in [0.2, 0.25) is 0 Å². The molecule has 6 nitrogen and oxygen atoms in total. The van der Waals surface area contributed by atoms with Crippen LogP contribution in [0.25, 0.3) is 5.69 Å². The van der Waals surface area contributed by atoms with Gasteiger partial charge in [0.2, 0.25) is 0 Å². The number of aromatic nitrogens is 2. The average molecular weight is 389 g/mol. The van der Waals surface area contributed by atoms with Gasteiger partial charge in [0.15, 0.2) is 0 Å². The molecule has 2 aromatic carbocycles. The van der Waals surface area contributed by atoms with Crippen LogP contribution >= 0.6 is 0 Å². The fourth-order valence-electron chi connectivity index (χ4n) is 4.22. The monoisotopic (exact) mass is 389 g/mol. The number of aliphatic hydroxyl groups is 1. The highest BCUT2D eigenvalue weighted by atomic mass is 16.5. The van der Waals surface area contributed by atoms with Gasteiger partial charge in [-0.1, -0.05) is 24.3 Å². The van der Waals surface area contributed by atoms with Crippen LogP contribution in [0, 0.1) is 0 Å². The second-order valence-corrected chi connectivity index (χ2v) is 7.72. The largest absolute Gasteiger partial charge is 0.487 e. The zero-order valence-electron chi connectivity index (χ0n) is 16.1. The van der Waals surface area contributed by atoms with E-state index in [1.54, 1.807) is 6.20 Å². The summed E-state index contributed by atoms with van der Waals surface area (Å²) in [5.74, 6) is 0.578. The third-order valence-corrected chi connectivity index (χ3v) is 5.75. The number of hydrogen-bond donors (Lipinski definition) is 1. The smallest absolute Gasteiger partial charge is 0.258 e. The quantitative estimate of drug-likeness (QED) is 0.727. The van der Waals surface area contributed by atoms with E-state index in [1.165, 1.54) is 0 Å². The fraction of sp³-hybridized carbons (Fsp3) is 0.304. The SMILES string of the molecule is O=C1c2c(cccc2O[C@H]2CCC[C@@H]2O)CN1Cc1ccc(-n2cccn2)cc1. The molecular weight excluding hydrogens is 366 g/mol. The van der Waals surface area contributed by atoms with Crippen molar-refractivity contribution < 1.29 is 14.6 Å². The topological polar surface area (TPSA) is 67.6 Å². The molecule has 0 spiro atoms. The van der Waals surface area contributed by atoms with Gasteiger partial charge in [-0.05, 0) is 54.7 Å². The third-order valence-electron chi connectivity index (χ3n) is 5.75. The fourth-order valence-corrected chi connectivity index (χ4v) is 4.22. The summed E-state index contributed by atoms with van der Waals surface area (Å²) < 4.78 is 7.86. The van der Waals surface area contributed by atoms with Crippen LogP contribution in [0.4, 0.5) is 0 Å². The molecule has 1 N–H and O–H groups in total. The van der Waals surface area contributed by atoms with Gasteiger partial charge in [-0.2, -0.15) is 5.10 Å². The van der Waals surface area contributed by atoms with Crippen molar-refractivity contribution in [3.63, 3.8) is 0 Å². The molecular formula is C23H23N3O3. The van der Waals surface area contributed by atoms with Gasteiger partial charge in [-0.15, -0.1) is 0 Å². The summed E-state index contributed by atoms with van der Waals surface area (Å²) >= 11 is 0. The summed E-state index contributed by atoms with van der Waals surface area (Å²) in [6.45, 7) is 1.11. The van der Waals surface area contributed by atoms with Crippen molar-refractivity contribution >= 4 is 5.91 Å². The van der Waals surface area contributed by atoms with Gasteiger partial charge in [0.25, 0.3) is 5.91 Å². The van der Waals surface area contributed by atoms with Crippen molar-refractivity contribution in [1.29, 1.82) is 0 Å². The molecule has 148 valence electrons. The number of fused-ring (bicyclic) bond motifs is 1. The van der Waals surface area contributed by atoms with Crippen LogP contribution in [0.1, 0.15) is 40.7 Å². The van der Waals surface area contributed by atoms with E-state index < -0.39 is 6.10 Å². The maximum absolute atomic E-state index is 13.1. The molecule has 5 rings (SSSR count). The minimum absolute atomic E-state index is 0.0146. The highest BCUT2D eigenvalue weighted by Gasteiger charge is 2.33. The van der Waals surface area contributed by atoms with Gasteiger partial charge < -0.3 is 14.7 Å². The summed E-state index contributed by atoms with van der Waals surface area (Å²) in [6.07, 6.45) is 5.51. The van der Waals surface area contributed by atoms with Crippen LogP contribution in [0.5, 0.6) is 5.75 Å². The molecule has 2 atom stereocenters. The maximum atomic E-state index is 13.1. The van der Waals surface area contributed by atoms with Crippen molar-refractivity contribution in [3.05, 3.63) is 77.6 Å². The summed E-state index contributed by atoms with van der Waals surface area (Å²) in [5.41, 5.74) is 3.67. The van der Waals surface area contributed by atoms with Crippen LogP contribution < -0.4 is 4.74 Å². The number of carbonyl (C=O) groups is 1. The van der Waals surface area contributed by atoms with E-state index in [4.69, 9.17) is 4.74 Å². The van der Waals surface area contributed by atoms with Crippen LogP contribution in [-0.4, -0.2) is 37.9 Å². The van der Waals surface area contributed by atoms with E-state index in [0.29, 0.717) is 24.4 Å². The number of hydrogen-bond acceptors (Lipinski definition) is 4. The van der Waals surface area contributed by atoms with E-state index in [2.05, 4.69) is 5.10 Å². The lowest BCUT2D eigenvalue weighted by atomic mass is 10.1. The van der Waals surface area contributed by atoms with Crippen molar-refractivity contribution in [3.8, 4) is 11.4 Å². The second-order valence-electron chi connectivity index (χ2n) is 7.72. The number of carbonyl (C=O) groups excluding carboxylic acids is 1. The highest BCUT2D eigenvalue weighted by molar-refractivity contribution is 6.01. The lowest BCUT2D eigenvalue weighted by Gasteiger charge is -2.19. The predicted molar refractivity (Wildman–Crippen MR) is 108 cm³/mol. The lowest BCUT2D eigenvalue weighted by molar-refractivity contribution is 0.0582.